The maximum Gasteiger partial charge on any atom is 0.254 e. The highest BCUT2D eigenvalue weighted by Crippen LogP contribution is 2.19. The maximum absolute atomic E-state index is 12.7. The number of anilines is 1. The first-order chi connectivity index (χ1) is 11.6. The molecule has 1 N–H and O–H groups in total. The molecule has 0 bridgehead atoms. The van der Waals surface area contributed by atoms with Crippen LogP contribution in [0.1, 0.15) is 10.4 Å². The average molecular weight is 319 g/mol. The fraction of sp³-hybridized carbons (Fsp3) is 0.105. The number of benzene rings is 2. The van der Waals surface area contributed by atoms with Crippen LogP contribution in [0, 0.1) is 0 Å². The zero-order valence-electron chi connectivity index (χ0n) is 13.3. The highest BCUT2D eigenvalue weighted by molar-refractivity contribution is 6.08. The summed E-state index contributed by atoms with van der Waals surface area (Å²) in [5, 5.41) is 4.60. The number of carbonyl (C=O) groups excluding carboxylic acids is 2. The van der Waals surface area contributed by atoms with Gasteiger partial charge in [0.05, 0.1) is 18.4 Å². The smallest absolute Gasteiger partial charge is 0.254 e. The van der Waals surface area contributed by atoms with Gasteiger partial charge in [-0.05, 0) is 29.0 Å². The summed E-state index contributed by atoms with van der Waals surface area (Å²) in [6.07, 6.45) is 3.19. The molecular weight excluding hydrogens is 302 g/mol. The molecule has 3 rings (SSSR count). The molecule has 0 saturated carbocycles. The highest BCUT2D eigenvalue weighted by atomic mass is 16.2. The lowest BCUT2D eigenvalue weighted by atomic mass is 10.0. The number of rotatable bonds is 4. The molecule has 120 valence electrons. The first-order valence-electron chi connectivity index (χ1n) is 7.58. The van der Waals surface area contributed by atoms with Crippen LogP contribution in [0.3, 0.4) is 0 Å². The van der Waals surface area contributed by atoms with E-state index in [9.17, 15) is 9.59 Å². The van der Waals surface area contributed by atoms with E-state index in [1.165, 1.54) is 4.90 Å². The number of fused-ring (bicyclic) bond motifs is 1. The van der Waals surface area contributed by atoms with E-state index >= 15 is 0 Å². The molecule has 0 unspecified atom stereocenters. The van der Waals surface area contributed by atoms with Crippen LogP contribution in [0.5, 0.6) is 0 Å². The Balaban J connectivity index is 1.73. The van der Waals surface area contributed by atoms with Crippen LogP contribution in [-0.4, -0.2) is 35.3 Å². The summed E-state index contributed by atoms with van der Waals surface area (Å²) in [6.45, 7) is -0.0308. The van der Waals surface area contributed by atoms with Crippen LogP contribution >= 0.6 is 0 Å². The molecule has 1 heterocycles. The number of hydrogen-bond acceptors (Lipinski definition) is 3. The van der Waals surface area contributed by atoms with Crippen LogP contribution < -0.4 is 5.32 Å². The Hall–Kier alpha value is -3.21. The minimum absolute atomic E-state index is 0.0308. The number of pyridine rings is 1. The summed E-state index contributed by atoms with van der Waals surface area (Å²) in [5.74, 6) is -0.452. The van der Waals surface area contributed by atoms with Crippen LogP contribution in [0.2, 0.25) is 0 Å². The molecule has 0 spiro atoms. The molecule has 0 fully saturated rings. The van der Waals surface area contributed by atoms with Crippen molar-refractivity contribution in [3.05, 3.63) is 72.6 Å². The topological polar surface area (TPSA) is 62.3 Å². The first kappa shape index (κ1) is 15.7. The Morgan fingerprint density at radius 3 is 2.62 bits per heavy atom. The number of nitrogens with one attached hydrogen (secondary N) is 1. The predicted octanol–water partition coefficient (Wildman–Crippen LogP) is 2.95. The first-order valence-corrected chi connectivity index (χ1v) is 7.58. The lowest BCUT2D eigenvalue weighted by Crippen LogP contribution is -2.35. The van der Waals surface area contributed by atoms with Gasteiger partial charge in [0.2, 0.25) is 5.91 Å². The maximum atomic E-state index is 12.7. The summed E-state index contributed by atoms with van der Waals surface area (Å²) < 4.78 is 0. The van der Waals surface area contributed by atoms with Gasteiger partial charge >= 0.3 is 0 Å². The molecule has 0 saturated heterocycles. The van der Waals surface area contributed by atoms with E-state index in [0.29, 0.717) is 11.3 Å². The molecule has 0 aliphatic rings. The van der Waals surface area contributed by atoms with Crippen molar-refractivity contribution >= 4 is 28.3 Å². The number of aromatic nitrogens is 1. The van der Waals surface area contributed by atoms with Crippen LogP contribution in [0.25, 0.3) is 10.8 Å². The molecule has 5 heteroatoms. The van der Waals surface area contributed by atoms with Crippen molar-refractivity contribution in [2.45, 2.75) is 0 Å². The molecular formula is C19H17N3O2. The monoisotopic (exact) mass is 319 g/mol. The average Bonchev–Trinajstić information content (AvgIpc) is 2.61. The largest absolute Gasteiger partial charge is 0.332 e. The van der Waals surface area contributed by atoms with E-state index < -0.39 is 0 Å². The van der Waals surface area contributed by atoms with Gasteiger partial charge in [-0.25, -0.2) is 0 Å². The molecule has 0 radical (unpaired) electrons. The SMILES string of the molecule is CN(CC(=O)Nc1cccnc1)C(=O)c1cccc2ccccc12. The Labute approximate surface area is 139 Å². The van der Waals surface area contributed by atoms with Gasteiger partial charge in [0.15, 0.2) is 0 Å². The van der Waals surface area contributed by atoms with Crippen molar-refractivity contribution in [2.75, 3.05) is 18.9 Å². The number of likely N-dealkylation sites (N-methyl/N-ethyl adjacent to an activating group) is 1. The zero-order valence-corrected chi connectivity index (χ0v) is 13.3. The van der Waals surface area contributed by atoms with Crippen molar-refractivity contribution in [3.63, 3.8) is 0 Å². The molecule has 24 heavy (non-hydrogen) atoms. The summed E-state index contributed by atoms with van der Waals surface area (Å²) >= 11 is 0. The van der Waals surface area contributed by atoms with Crippen molar-refractivity contribution in [3.8, 4) is 0 Å². The molecule has 2 aromatic carbocycles. The van der Waals surface area contributed by atoms with Crippen molar-refractivity contribution in [1.82, 2.24) is 9.88 Å². The predicted molar refractivity (Wildman–Crippen MR) is 93.8 cm³/mol. The Morgan fingerprint density at radius 2 is 1.83 bits per heavy atom. The normalized spacial score (nSPS) is 10.4. The van der Waals surface area contributed by atoms with Gasteiger partial charge in [0.25, 0.3) is 5.91 Å². The van der Waals surface area contributed by atoms with Gasteiger partial charge in [-0.3, -0.25) is 14.6 Å². The van der Waals surface area contributed by atoms with Crippen LogP contribution in [-0.2, 0) is 4.79 Å². The van der Waals surface area contributed by atoms with E-state index in [1.807, 2.05) is 36.4 Å². The quantitative estimate of drug-likeness (QED) is 0.804. The molecule has 3 aromatic rings. The van der Waals surface area contributed by atoms with Gasteiger partial charge in [0.1, 0.15) is 0 Å². The minimum atomic E-state index is -0.265. The van der Waals surface area contributed by atoms with Gasteiger partial charge in [0, 0.05) is 18.8 Å². The van der Waals surface area contributed by atoms with Gasteiger partial charge in [-0.2, -0.15) is 0 Å². The van der Waals surface area contributed by atoms with Crippen molar-refractivity contribution < 1.29 is 9.59 Å². The third kappa shape index (κ3) is 3.41. The number of carbonyl (C=O) groups is 2. The fourth-order valence-corrected chi connectivity index (χ4v) is 2.54. The second-order valence-corrected chi connectivity index (χ2v) is 5.48. The highest BCUT2D eigenvalue weighted by Gasteiger charge is 2.17. The second-order valence-electron chi connectivity index (χ2n) is 5.48. The Bertz CT molecular complexity index is 873. The minimum Gasteiger partial charge on any atom is -0.332 e. The standard InChI is InChI=1S/C19H17N3O2/c1-22(13-18(23)21-15-8-5-11-20-12-15)19(24)17-10-4-7-14-6-2-3-9-16(14)17/h2-12H,13H2,1H3,(H,21,23). The number of hydrogen-bond donors (Lipinski definition) is 1. The number of nitrogens with zero attached hydrogens (tertiary/aromatic N) is 2. The van der Waals surface area contributed by atoms with E-state index in [-0.39, 0.29) is 18.4 Å². The van der Waals surface area contributed by atoms with E-state index in [0.717, 1.165) is 10.8 Å². The summed E-state index contributed by atoms with van der Waals surface area (Å²) in [5.41, 5.74) is 1.19. The van der Waals surface area contributed by atoms with Gasteiger partial charge < -0.3 is 10.2 Å². The lowest BCUT2D eigenvalue weighted by molar-refractivity contribution is -0.116. The molecule has 0 aliphatic carbocycles. The second kappa shape index (κ2) is 6.91. The molecule has 0 aliphatic heterocycles. The number of amides is 2. The zero-order chi connectivity index (χ0) is 16.9. The summed E-state index contributed by atoms with van der Waals surface area (Å²) in [6, 6.07) is 16.8. The molecule has 5 nitrogen and oxygen atoms in total. The van der Waals surface area contributed by atoms with Crippen molar-refractivity contribution in [2.24, 2.45) is 0 Å². The summed E-state index contributed by atoms with van der Waals surface area (Å²) in [4.78, 5) is 30.1. The van der Waals surface area contributed by atoms with Crippen molar-refractivity contribution in [1.29, 1.82) is 0 Å². The lowest BCUT2D eigenvalue weighted by Gasteiger charge is -2.18. The van der Waals surface area contributed by atoms with Crippen LogP contribution in [0.4, 0.5) is 5.69 Å². The van der Waals surface area contributed by atoms with Gasteiger partial charge in [-0.1, -0.05) is 36.4 Å². The van der Waals surface area contributed by atoms with Gasteiger partial charge in [-0.15, -0.1) is 0 Å². The van der Waals surface area contributed by atoms with E-state index in [4.69, 9.17) is 0 Å². The van der Waals surface area contributed by atoms with Crippen LogP contribution in [0.15, 0.2) is 67.0 Å². The molecule has 1 aromatic heterocycles. The fourth-order valence-electron chi connectivity index (χ4n) is 2.54. The Kier molecular flexibility index (Phi) is 4.52. The van der Waals surface area contributed by atoms with E-state index in [1.54, 1.807) is 37.6 Å². The molecule has 2 amide bonds. The third-order valence-electron chi connectivity index (χ3n) is 3.69. The summed E-state index contributed by atoms with van der Waals surface area (Å²) in [7, 11) is 1.62. The third-order valence-corrected chi connectivity index (χ3v) is 3.69. The molecule has 0 atom stereocenters. The Morgan fingerprint density at radius 1 is 1.04 bits per heavy atom. The van der Waals surface area contributed by atoms with E-state index in [2.05, 4.69) is 10.3 Å².